The van der Waals surface area contributed by atoms with Crippen LogP contribution in [0.15, 0.2) is 0 Å². The summed E-state index contributed by atoms with van der Waals surface area (Å²) in [4.78, 5) is 2.13. The van der Waals surface area contributed by atoms with E-state index < -0.39 is 0 Å². The lowest BCUT2D eigenvalue weighted by Gasteiger charge is -2.36. The molecule has 0 atom stereocenters. The lowest BCUT2D eigenvalue weighted by Crippen LogP contribution is -2.56. The van der Waals surface area contributed by atoms with Gasteiger partial charge in [-0.2, -0.15) is 0 Å². The molecule has 0 radical (unpaired) electrons. The number of hydrogen-bond acceptors (Lipinski definition) is 3. The maximum Gasteiger partial charge on any atom is 0.0558 e. The Morgan fingerprint density at radius 1 is 1.50 bits per heavy atom. The van der Waals surface area contributed by atoms with E-state index in [0.717, 1.165) is 19.6 Å². The Bertz CT molecular complexity index is 69.3. The van der Waals surface area contributed by atoms with E-state index in [-0.39, 0.29) is 6.61 Å². The van der Waals surface area contributed by atoms with E-state index in [0.29, 0.717) is 6.04 Å². The molecule has 1 aliphatic rings. The number of likely N-dealkylation sites (tertiary alicyclic amines) is 1. The van der Waals surface area contributed by atoms with Gasteiger partial charge in [-0.05, 0) is 0 Å². The van der Waals surface area contributed by atoms with Crippen molar-refractivity contribution in [2.75, 3.05) is 26.2 Å². The summed E-state index contributed by atoms with van der Waals surface area (Å²) in [7, 11) is 0. The summed E-state index contributed by atoms with van der Waals surface area (Å²) in [6.45, 7) is 6.96. The average Bonchev–Trinajstić information content (AvgIpc) is 1.90. The molecule has 0 saturated carbocycles. The highest BCUT2D eigenvalue weighted by Gasteiger charge is 2.21. The highest BCUT2D eigenvalue weighted by atomic mass is 16.3. The predicted molar refractivity (Wildman–Crippen MR) is 42.8 cm³/mol. The monoisotopic (exact) mass is 146 g/mol. The molecule has 0 unspecified atom stereocenters. The summed E-state index contributed by atoms with van der Waals surface area (Å²) in [5, 5.41) is 8.41. The second kappa shape index (κ2) is 5.65. The second-order valence-electron chi connectivity index (χ2n) is 2.24. The molecule has 3 nitrogen and oxygen atoms in total. The van der Waals surface area contributed by atoms with Gasteiger partial charge >= 0.3 is 0 Å². The van der Waals surface area contributed by atoms with Gasteiger partial charge in [0.15, 0.2) is 0 Å². The minimum Gasteiger partial charge on any atom is -0.395 e. The first-order valence-electron chi connectivity index (χ1n) is 3.91. The quantitative estimate of drug-likeness (QED) is 0.560. The Balaban J connectivity index is 0.000000371. The average molecular weight is 146 g/mol. The summed E-state index contributed by atoms with van der Waals surface area (Å²) >= 11 is 0. The van der Waals surface area contributed by atoms with E-state index in [1.165, 1.54) is 0 Å². The minimum absolute atomic E-state index is 0.257. The van der Waals surface area contributed by atoms with E-state index in [2.05, 4.69) is 4.90 Å². The highest BCUT2D eigenvalue weighted by molar-refractivity contribution is 4.81. The molecule has 0 amide bonds. The molecule has 62 valence electrons. The molecule has 1 saturated heterocycles. The zero-order valence-electron chi connectivity index (χ0n) is 6.88. The Labute approximate surface area is 62.8 Å². The van der Waals surface area contributed by atoms with Crippen LogP contribution in [-0.4, -0.2) is 42.3 Å². The Morgan fingerprint density at radius 3 is 2.30 bits per heavy atom. The van der Waals surface area contributed by atoms with Gasteiger partial charge in [-0.15, -0.1) is 0 Å². The lowest BCUT2D eigenvalue weighted by molar-refractivity contribution is 0.118. The van der Waals surface area contributed by atoms with Gasteiger partial charge in [-0.3, -0.25) is 4.90 Å². The fourth-order valence-corrected chi connectivity index (χ4v) is 0.934. The zero-order chi connectivity index (χ0) is 7.98. The first kappa shape index (κ1) is 9.88. The van der Waals surface area contributed by atoms with Gasteiger partial charge in [0, 0.05) is 25.7 Å². The van der Waals surface area contributed by atoms with Crippen molar-refractivity contribution in [1.29, 1.82) is 0 Å². The molecule has 1 heterocycles. The Morgan fingerprint density at radius 2 is 2.00 bits per heavy atom. The fraction of sp³-hybridized carbons (Fsp3) is 1.00. The van der Waals surface area contributed by atoms with Gasteiger partial charge in [-0.1, -0.05) is 13.8 Å². The third-order valence-electron chi connectivity index (χ3n) is 1.40. The van der Waals surface area contributed by atoms with Crippen LogP contribution in [0.3, 0.4) is 0 Å². The first-order chi connectivity index (χ1) is 4.83. The van der Waals surface area contributed by atoms with Crippen LogP contribution in [0.25, 0.3) is 0 Å². The van der Waals surface area contributed by atoms with E-state index in [1.807, 2.05) is 13.8 Å². The maximum atomic E-state index is 8.41. The summed E-state index contributed by atoms with van der Waals surface area (Å²) in [6.07, 6.45) is 0. The number of rotatable bonds is 2. The van der Waals surface area contributed by atoms with E-state index in [9.17, 15) is 0 Å². The van der Waals surface area contributed by atoms with E-state index in [4.69, 9.17) is 10.8 Å². The molecule has 1 rings (SSSR count). The van der Waals surface area contributed by atoms with Gasteiger partial charge in [0.25, 0.3) is 0 Å². The molecule has 1 fully saturated rings. The molecule has 3 N–H and O–H groups in total. The van der Waals surface area contributed by atoms with Crippen molar-refractivity contribution in [3.8, 4) is 0 Å². The number of nitrogens with zero attached hydrogens (tertiary/aromatic N) is 1. The predicted octanol–water partition coefficient (Wildman–Crippen LogP) is -0.352. The summed E-state index contributed by atoms with van der Waals surface area (Å²) in [5.74, 6) is 0. The largest absolute Gasteiger partial charge is 0.395 e. The normalized spacial score (nSPS) is 19.2. The van der Waals surface area contributed by atoms with Gasteiger partial charge < -0.3 is 10.8 Å². The van der Waals surface area contributed by atoms with Gasteiger partial charge in [0.2, 0.25) is 0 Å². The first-order valence-corrected chi connectivity index (χ1v) is 3.91. The third kappa shape index (κ3) is 3.15. The molecule has 3 heteroatoms. The molecular formula is C7H18N2O. The molecule has 0 spiro atoms. The van der Waals surface area contributed by atoms with Crippen LogP contribution < -0.4 is 5.73 Å². The van der Waals surface area contributed by atoms with E-state index >= 15 is 0 Å². The van der Waals surface area contributed by atoms with Crippen LogP contribution in [0, 0.1) is 0 Å². The summed E-state index contributed by atoms with van der Waals surface area (Å²) in [5.41, 5.74) is 5.48. The van der Waals surface area contributed by atoms with Crippen LogP contribution in [-0.2, 0) is 0 Å². The third-order valence-corrected chi connectivity index (χ3v) is 1.40. The van der Waals surface area contributed by atoms with Crippen molar-refractivity contribution in [3.05, 3.63) is 0 Å². The van der Waals surface area contributed by atoms with Gasteiger partial charge in [-0.25, -0.2) is 0 Å². The molecule has 0 aliphatic carbocycles. The maximum absolute atomic E-state index is 8.41. The summed E-state index contributed by atoms with van der Waals surface area (Å²) < 4.78 is 0. The number of nitrogens with two attached hydrogens (primary N) is 1. The number of aliphatic hydroxyl groups is 1. The topological polar surface area (TPSA) is 49.5 Å². The van der Waals surface area contributed by atoms with Crippen LogP contribution >= 0.6 is 0 Å². The van der Waals surface area contributed by atoms with E-state index in [1.54, 1.807) is 0 Å². The van der Waals surface area contributed by atoms with Crippen molar-refractivity contribution in [3.63, 3.8) is 0 Å². The Kier molecular flexibility index (Phi) is 5.58. The molecule has 0 bridgehead atoms. The molecule has 0 aromatic rings. The lowest BCUT2D eigenvalue weighted by atomic mass is 10.1. The van der Waals surface area contributed by atoms with Gasteiger partial charge in [0.05, 0.1) is 6.61 Å². The van der Waals surface area contributed by atoms with Crippen molar-refractivity contribution in [1.82, 2.24) is 4.90 Å². The Hall–Kier alpha value is -0.120. The molecular weight excluding hydrogens is 128 g/mol. The van der Waals surface area contributed by atoms with Gasteiger partial charge in [0.1, 0.15) is 0 Å². The zero-order valence-corrected chi connectivity index (χ0v) is 6.88. The second-order valence-corrected chi connectivity index (χ2v) is 2.24. The SMILES string of the molecule is CC.NC1CN(CCO)C1. The number of aliphatic hydroxyl groups excluding tert-OH is 1. The van der Waals surface area contributed by atoms with Crippen LogP contribution in [0.4, 0.5) is 0 Å². The van der Waals surface area contributed by atoms with Crippen molar-refractivity contribution >= 4 is 0 Å². The molecule has 0 aromatic carbocycles. The fourth-order valence-electron chi connectivity index (χ4n) is 0.934. The minimum atomic E-state index is 0.257. The summed E-state index contributed by atoms with van der Waals surface area (Å²) in [6, 6.07) is 0.363. The van der Waals surface area contributed by atoms with Crippen LogP contribution in [0.1, 0.15) is 13.8 Å². The van der Waals surface area contributed by atoms with Crippen LogP contribution in [0.5, 0.6) is 0 Å². The number of hydrogen-bond donors (Lipinski definition) is 2. The standard InChI is InChI=1S/C5H12N2O.C2H6/c6-5-3-7(4-5)1-2-8;1-2/h5,8H,1-4,6H2;1-2H3. The molecule has 1 aliphatic heterocycles. The van der Waals surface area contributed by atoms with Crippen molar-refractivity contribution < 1.29 is 5.11 Å². The highest BCUT2D eigenvalue weighted by Crippen LogP contribution is 2.02. The molecule has 0 aromatic heterocycles. The number of β-amino-alcohol motifs (C(OH)–C–C–N with tert-alkyl or cyclic N) is 1. The van der Waals surface area contributed by atoms with Crippen LogP contribution in [0.2, 0.25) is 0 Å². The van der Waals surface area contributed by atoms with Crippen molar-refractivity contribution in [2.24, 2.45) is 5.73 Å². The van der Waals surface area contributed by atoms with Crippen molar-refractivity contribution in [2.45, 2.75) is 19.9 Å². The molecule has 10 heavy (non-hydrogen) atoms. The smallest absolute Gasteiger partial charge is 0.0558 e.